The van der Waals surface area contributed by atoms with Gasteiger partial charge in [0.2, 0.25) is 0 Å². The maximum Gasteiger partial charge on any atom is 0.426 e. The van der Waals surface area contributed by atoms with E-state index in [0.29, 0.717) is 6.42 Å². The van der Waals surface area contributed by atoms with Gasteiger partial charge in [-0.1, -0.05) is 11.3 Å². The largest absolute Gasteiger partial charge is 0.426 e. The van der Waals surface area contributed by atoms with E-state index in [2.05, 4.69) is 13.4 Å². The van der Waals surface area contributed by atoms with Crippen molar-refractivity contribution in [2.45, 2.75) is 13.3 Å². The van der Waals surface area contributed by atoms with Crippen molar-refractivity contribution >= 4 is 10.4 Å². The Hall–Kier alpha value is -0.170. The van der Waals surface area contributed by atoms with Crippen LogP contribution < -0.4 is 0 Å². The number of hydrogen-bond donors (Lipinski definition) is 0. The van der Waals surface area contributed by atoms with Crippen molar-refractivity contribution in [2.75, 3.05) is 13.7 Å². The zero-order chi connectivity index (χ0) is 8.04. The molecule has 0 rings (SSSR count). The van der Waals surface area contributed by atoms with Crippen LogP contribution in [0.1, 0.15) is 13.3 Å². The van der Waals surface area contributed by atoms with Crippen LogP contribution in [0, 0.1) is 0 Å². The Morgan fingerprint density at radius 2 is 2.00 bits per heavy atom. The summed E-state index contributed by atoms with van der Waals surface area (Å²) in [6, 6.07) is 0. The molecule has 0 radical (unpaired) electrons. The first-order valence-corrected chi connectivity index (χ1v) is 4.07. The molecule has 0 aliphatic heterocycles. The molecule has 10 heavy (non-hydrogen) atoms. The first-order valence-electron chi connectivity index (χ1n) is 2.74. The molecule has 0 aromatic rings. The average molecular weight is 170 g/mol. The summed E-state index contributed by atoms with van der Waals surface area (Å²) in [6.45, 7) is 1.88. The quantitative estimate of drug-likeness (QED) is 0.436. The van der Waals surface area contributed by atoms with Crippen LogP contribution >= 0.6 is 0 Å². The molecule has 0 N–H and O–H groups in total. The van der Waals surface area contributed by atoms with Crippen molar-refractivity contribution in [1.29, 1.82) is 0 Å². The SMILES string of the molecule is CCCOS(=O)(=O)OOC. The topological polar surface area (TPSA) is 61.8 Å². The van der Waals surface area contributed by atoms with Crippen LogP contribution in [0.2, 0.25) is 0 Å². The van der Waals surface area contributed by atoms with Crippen LogP contribution in [0.5, 0.6) is 0 Å². The Labute approximate surface area is 60.1 Å². The van der Waals surface area contributed by atoms with E-state index >= 15 is 0 Å². The Morgan fingerprint density at radius 1 is 1.40 bits per heavy atom. The first kappa shape index (κ1) is 9.83. The van der Waals surface area contributed by atoms with Gasteiger partial charge in [-0.3, -0.25) is 0 Å². The zero-order valence-electron chi connectivity index (χ0n) is 5.86. The second kappa shape index (κ2) is 4.62. The zero-order valence-corrected chi connectivity index (χ0v) is 6.68. The molecule has 0 fully saturated rings. The minimum atomic E-state index is -3.92. The van der Waals surface area contributed by atoms with E-state index in [1.54, 1.807) is 6.92 Å². The first-order chi connectivity index (χ1) is 4.62. The van der Waals surface area contributed by atoms with Crippen LogP contribution in [-0.4, -0.2) is 22.1 Å². The molecule has 0 atom stereocenters. The monoisotopic (exact) mass is 170 g/mol. The summed E-state index contributed by atoms with van der Waals surface area (Å²) in [6.07, 6.45) is 0.603. The Kier molecular flexibility index (Phi) is 4.54. The molecule has 6 heteroatoms. The molecule has 0 saturated carbocycles. The third-order valence-corrected chi connectivity index (χ3v) is 1.34. The van der Waals surface area contributed by atoms with E-state index in [9.17, 15) is 8.42 Å². The van der Waals surface area contributed by atoms with Crippen molar-refractivity contribution < 1.29 is 21.8 Å². The minimum Gasteiger partial charge on any atom is -0.246 e. The third kappa shape index (κ3) is 4.68. The molecule has 0 aromatic heterocycles. The summed E-state index contributed by atoms with van der Waals surface area (Å²) >= 11 is 0. The second-order valence-corrected chi connectivity index (χ2v) is 2.65. The summed E-state index contributed by atoms with van der Waals surface area (Å²) < 4.78 is 28.9. The van der Waals surface area contributed by atoms with Gasteiger partial charge in [0, 0.05) is 0 Å². The minimum absolute atomic E-state index is 0.103. The van der Waals surface area contributed by atoms with E-state index in [1.165, 1.54) is 0 Å². The predicted octanol–water partition coefficient (Wildman–Crippen LogP) is 0.236. The summed E-state index contributed by atoms with van der Waals surface area (Å²) in [5, 5.41) is 0. The van der Waals surface area contributed by atoms with E-state index in [0.717, 1.165) is 7.11 Å². The Balaban J connectivity index is 3.65. The molecule has 0 heterocycles. The van der Waals surface area contributed by atoms with E-state index in [1.807, 2.05) is 0 Å². The van der Waals surface area contributed by atoms with Gasteiger partial charge in [0.15, 0.2) is 0 Å². The lowest BCUT2D eigenvalue weighted by atomic mass is 10.5. The molecule has 62 valence electrons. The molecule has 0 aliphatic carbocycles. The lowest BCUT2D eigenvalue weighted by Crippen LogP contribution is -2.09. The summed E-state index contributed by atoms with van der Waals surface area (Å²) in [5.74, 6) is 0. The molecule has 0 aliphatic rings. The standard InChI is InChI=1S/C4H10O5S/c1-3-4-8-10(5,6)9-7-2/h3-4H2,1-2H3. The predicted molar refractivity (Wildman–Crippen MR) is 33.3 cm³/mol. The van der Waals surface area contributed by atoms with Gasteiger partial charge in [0.1, 0.15) is 0 Å². The fourth-order valence-corrected chi connectivity index (χ4v) is 0.865. The van der Waals surface area contributed by atoms with Crippen molar-refractivity contribution in [3.8, 4) is 0 Å². The summed E-state index contributed by atoms with van der Waals surface area (Å²) in [7, 11) is -2.83. The van der Waals surface area contributed by atoms with Crippen molar-refractivity contribution in [2.24, 2.45) is 0 Å². The molecule has 0 spiro atoms. The molecular weight excluding hydrogens is 160 g/mol. The highest BCUT2D eigenvalue weighted by Crippen LogP contribution is 1.95. The van der Waals surface area contributed by atoms with E-state index in [-0.39, 0.29) is 6.61 Å². The maximum atomic E-state index is 10.4. The fraction of sp³-hybridized carbons (Fsp3) is 1.00. The average Bonchev–Trinajstić information content (AvgIpc) is 1.84. The van der Waals surface area contributed by atoms with Crippen molar-refractivity contribution in [1.82, 2.24) is 0 Å². The highest BCUT2D eigenvalue weighted by atomic mass is 32.3. The van der Waals surface area contributed by atoms with Crippen LogP contribution in [0.15, 0.2) is 0 Å². The van der Waals surface area contributed by atoms with Gasteiger partial charge in [0.25, 0.3) is 0 Å². The molecule has 0 aromatic carbocycles. The van der Waals surface area contributed by atoms with Gasteiger partial charge in [-0.25, -0.2) is 9.07 Å². The lowest BCUT2D eigenvalue weighted by Gasteiger charge is -1.99. The molecule has 0 amide bonds. The smallest absolute Gasteiger partial charge is 0.246 e. The normalized spacial score (nSPS) is 11.8. The number of rotatable bonds is 5. The molecule has 0 saturated heterocycles. The maximum absolute atomic E-state index is 10.4. The van der Waals surface area contributed by atoms with Crippen LogP contribution in [0.25, 0.3) is 0 Å². The molecule has 5 nitrogen and oxygen atoms in total. The second-order valence-electron chi connectivity index (χ2n) is 1.46. The van der Waals surface area contributed by atoms with Gasteiger partial charge < -0.3 is 0 Å². The van der Waals surface area contributed by atoms with Crippen LogP contribution in [0.4, 0.5) is 0 Å². The molecular formula is C4H10O5S. The van der Waals surface area contributed by atoms with E-state index in [4.69, 9.17) is 0 Å². The van der Waals surface area contributed by atoms with Gasteiger partial charge in [-0.2, -0.15) is 8.42 Å². The summed E-state index contributed by atoms with van der Waals surface area (Å²) in [4.78, 5) is 3.89. The molecule has 0 unspecified atom stereocenters. The molecule has 0 bridgehead atoms. The van der Waals surface area contributed by atoms with E-state index < -0.39 is 10.4 Å². The highest BCUT2D eigenvalue weighted by molar-refractivity contribution is 7.81. The fourth-order valence-electron chi connectivity index (χ4n) is 0.288. The Bertz CT molecular complexity index is 160. The Morgan fingerprint density at radius 3 is 2.40 bits per heavy atom. The van der Waals surface area contributed by atoms with Crippen LogP contribution in [0.3, 0.4) is 0 Å². The van der Waals surface area contributed by atoms with Crippen LogP contribution in [-0.2, 0) is 23.8 Å². The van der Waals surface area contributed by atoms with Crippen molar-refractivity contribution in [3.63, 3.8) is 0 Å². The van der Waals surface area contributed by atoms with Gasteiger partial charge in [0.05, 0.1) is 13.7 Å². The summed E-state index contributed by atoms with van der Waals surface area (Å²) in [5.41, 5.74) is 0. The lowest BCUT2D eigenvalue weighted by molar-refractivity contribution is -0.181. The third-order valence-electron chi connectivity index (χ3n) is 0.583. The highest BCUT2D eigenvalue weighted by Gasteiger charge is 2.10. The van der Waals surface area contributed by atoms with Gasteiger partial charge in [-0.05, 0) is 6.42 Å². The van der Waals surface area contributed by atoms with Gasteiger partial charge >= 0.3 is 10.4 Å². The van der Waals surface area contributed by atoms with Crippen molar-refractivity contribution in [3.05, 3.63) is 0 Å². The van der Waals surface area contributed by atoms with Gasteiger partial charge in [-0.15, -0.1) is 0 Å². The number of hydrogen-bond acceptors (Lipinski definition) is 5.